The Morgan fingerprint density at radius 2 is 1.91 bits per heavy atom. The first-order valence-electron chi connectivity index (χ1n) is 7.87. The van der Waals surface area contributed by atoms with Crippen molar-refractivity contribution in [3.8, 4) is 0 Å². The predicted octanol–water partition coefficient (Wildman–Crippen LogP) is 2.07. The Hall–Kier alpha value is -1.46. The van der Waals surface area contributed by atoms with E-state index in [0.29, 0.717) is 17.6 Å². The fraction of sp³-hybridized carbons (Fsp3) is 0.588. The molecule has 2 heterocycles. The lowest BCUT2D eigenvalue weighted by atomic mass is 9.98. The van der Waals surface area contributed by atoms with E-state index in [-0.39, 0.29) is 18.5 Å². The molecular weight excluding hydrogens is 285 g/mol. The van der Waals surface area contributed by atoms with E-state index >= 15 is 0 Å². The number of carbonyl (C=O) groups is 1. The van der Waals surface area contributed by atoms with Crippen LogP contribution in [-0.4, -0.2) is 47.8 Å². The molecule has 3 rings (SSSR count). The van der Waals surface area contributed by atoms with E-state index in [2.05, 4.69) is 11.9 Å². The van der Waals surface area contributed by atoms with E-state index in [1.165, 1.54) is 24.3 Å². The number of hydrogen-bond acceptors (Lipinski definition) is 4. The largest absolute Gasteiger partial charge is 0.462 e. The number of carbonyl (C=O) groups excluding carboxylic acids is 1. The van der Waals surface area contributed by atoms with Crippen LogP contribution in [-0.2, 0) is 9.53 Å². The van der Waals surface area contributed by atoms with E-state index in [4.69, 9.17) is 4.74 Å². The number of benzene rings is 1. The molecule has 4 nitrogen and oxygen atoms in total. The second-order valence-electron chi connectivity index (χ2n) is 6.37. The van der Waals surface area contributed by atoms with Crippen LogP contribution >= 0.6 is 0 Å². The van der Waals surface area contributed by atoms with Crippen molar-refractivity contribution in [1.82, 2.24) is 4.90 Å². The molecule has 22 heavy (non-hydrogen) atoms. The summed E-state index contributed by atoms with van der Waals surface area (Å²) in [5.41, 5.74) is 0.588. The molecule has 1 N–H and O–H groups in total. The van der Waals surface area contributed by atoms with Gasteiger partial charge in [-0.3, -0.25) is 4.79 Å². The Balaban J connectivity index is 1.64. The second kappa shape index (κ2) is 6.34. The standard InChI is InChI=1S/C17H22FNO3/c1-19-13-6-7-14(19)9-15(8-13)22-17(21)16(10-20)11-2-4-12(18)5-3-11/h2-5,13-16,20H,6-10H2,1H3. The number of nitrogens with zero attached hydrogens (tertiary/aromatic N) is 1. The van der Waals surface area contributed by atoms with Crippen LogP contribution in [0.4, 0.5) is 4.39 Å². The molecule has 0 amide bonds. The Morgan fingerprint density at radius 1 is 1.32 bits per heavy atom. The van der Waals surface area contributed by atoms with Crippen LogP contribution < -0.4 is 0 Å². The van der Waals surface area contributed by atoms with Gasteiger partial charge in [0.25, 0.3) is 0 Å². The van der Waals surface area contributed by atoms with Crippen molar-refractivity contribution >= 4 is 5.97 Å². The average molecular weight is 307 g/mol. The van der Waals surface area contributed by atoms with Crippen molar-refractivity contribution in [1.29, 1.82) is 0 Å². The van der Waals surface area contributed by atoms with Crippen molar-refractivity contribution < 1.29 is 19.0 Å². The highest BCUT2D eigenvalue weighted by Crippen LogP contribution is 2.36. The smallest absolute Gasteiger partial charge is 0.316 e. The topological polar surface area (TPSA) is 49.8 Å². The number of halogens is 1. The Kier molecular flexibility index (Phi) is 4.45. The lowest BCUT2D eigenvalue weighted by Crippen LogP contribution is -2.43. The number of hydrogen-bond donors (Lipinski definition) is 1. The van der Waals surface area contributed by atoms with Gasteiger partial charge in [0.1, 0.15) is 17.8 Å². The molecule has 5 heteroatoms. The van der Waals surface area contributed by atoms with E-state index < -0.39 is 11.9 Å². The highest BCUT2D eigenvalue weighted by molar-refractivity contribution is 5.78. The van der Waals surface area contributed by atoms with Gasteiger partial charge in [-0.2, -0.15) is 0 Å². The predicted molar refractivity (Wildman–Crippen MR) is 79.9 cm³/mol. The van der Waals surface area contributed by atoms with Gasteiger partial charge in [0.05, 0.1) is 6.61 Å². The third-order valence-electron chi connectivity index (χ3n) is 5.08. The molecule has 3 unspecified atom stereocenters. The molecule has 2 bridgehead atoms. The monoisotopic (exact) mass is 307 g/mol. The summed E-state index contributed by atoms with van der Waals surface area (Å²) < 4.78 is 18.6. The number of ether oxygens (including phenoxy) is 1. The van der Waals surface area contributed by atoms with Gasteiger partial charge in [0, 0.05) is 12.1 Å². The van der Waals surface area contributed by atoms with Crippen LogP contribution in [0.1, 0.15) is 37.2 Å². The molecule has 0 aliphatic carbocycles. The van der Waals surface area contributed by atoms with E-state index in [9.17, 15) is 14.3 Å². The summed E-state index contributed by atoms with van der Waals surface area (Å²) in [4.78, 5) is 14.7. The summed E-state index contributed by atoms with van der Waals surface area (Å²) in [7, 11) is 2.13. The average Bonchev–Trinajstić information content (AvgIpc) is 2.72. The van der Waals surface area contributed by atoms with Crippen molar-refractivity contribution in [2.45, 2.75) is 49.8 Å². The molecule has 1 aromatic rings. The van der Waals surface area contributed by atoms with Gasteiger partial charge in [-0.05, 0) is 50.4 Å². The van der Waals surface area contributed by atoms with Crippen molar-refractivity contribution in [3.05, 3.63) is 35.6 Å². The number of piperidine rings is 1. The molecule has 2 saturated heterocycles. The quantitative estimate of drug-likeness (QED) is 0.865. The van der Waals surface area contributed by atoms with E-state index in [1.54, 1.807) is 0 Å². The Labute approximate surface area is 129 Å². The van der Waals surface area contributed by atoms with Crippen LogP contribution in [0.25, 0.3) is 0 Å². The zero-order chi connectivity index (χ0) is 15.7. The SMILES string of the molecule is CN1C2CCC1CC(OC(=O)C(CO)c1ccc(F)cc1)C2. The molecule has 2 fully saturated rings. The van der Waals surface area contributed by atoms with Gasteiger partial charge in [-0.1, -0.05) is 12.1 Å². The third kappa shape index (κ3) is 3.01. The van der Waals surface area contributed by atoms with Gasteiger partial charge in [0.2, 0.25) is 0 Å². The molecule has 2 aliphatic heterocycles. The molecule has 2 aliphatic rings. The fourth-order valence-corrected chi connectivity index (χ4v) is 3.72. The molecule has 0 radical (unpaired) electrons. The number of rotatable bonds is 4. The summed E-state index contributed by atoms with van der Waals surface area (Å²) in [6.07, 6.45) is 3.98. The van der Waals surface area contributed by atoms with Crippen LogP contribution in [0.2, 0.25) is 0 Å². The first-order chi connectivity index (χ1) is 10.6. The van der Waals surface area contributed by atoms with Gasteiger partial charge in [-0.15, -0.1) is 0 Å². The van der Waals surface area contributed by atoms with Gasteiger partial charge < -0.3 is 14.7 Å². The molecular formula is C17H22FNO3. The molecule has 120 valence electrons. The number of fused-ring (bicyclic) bond motifs is 2. The van der Waals surface area contributed by atoms with Crippen LogP contribution in [0.15, 0.2) is 24.3 Å². The molecule has 3 atom stereocenters. The Bertz CT molecular complexity index is 519. The normalized spacial score (nSPS) is 29.3. The zero-order valence-electron chi connectivity index (χ0n) is 12.7. The summed E-state index contributed by atoms with van der Waals surface area (Å²) in [6.45, 7) is -0.329. The van der Waals surface area contributed by atoms with Crippen LogP contribution in [0.3, 0.4) is 0 Å². The maximum atomic E-state index is 13.0. The van der Waals surface area contributed by atoms with Crippen molar-refractivity contribution in [3.63, 3.8) is 0 Å². The highest BCUT2D eigenvalue weighted by Gasteiger charge is 2.40. The minimum atomic E-state index is -0.738. The van der Waals surface area contributed by atoms with Crippen molar-refractivity contribution in [2.75, 3.05) is 13.7 Å². The number of aliphatic hydroxyl groups is 1. The van der Waals surface area contributed by atoms with Gasteiger partial charge in [-0.25, -0.2) is 4.39 Å². The first-order valence-corrected chi connectivity index (χ1v) is 7.87. The lowest BCUT2D eigenvalue weighted by molar-refractivity contribution is -0.155. The maximum Gasteiger partial charge on any atom is 0.316 e. The Morgan fingerprint density at radius 3 is 2.45 bits per heavy atom. The van der Waals surface area contributed by atoms with Crippen molar-refractivity contribution in [2.24, 2.45) is 0 Å². The highest BCUT2D eigenvalue weighted by atomic mass is 19.1. The maximum absolute atomic E-state index is 13.0. The fourth-order valence-electron chi connectivity index (χ4n) is 3.72. The third-order valence-corrected chi connectivity index (χ3v) is 5.08. The minimum Gasteiger partial charge on any atom is -0.462 e. The van der Waals surface area contributed by atoms with E-state index in [1.807, 2.05) is 0 Å². The lowest BCUT2D eigenvalue weighted by Gasteiger charge is -2.36. The van der Waals surface area contributed by atoms with Crippen LogP contribution in [0, 0.1) is 5.82 Å². The minimum absolute atomic E-state index is 0.0734. The summed E-state index contributed by atoms with van der Waals surface area (Å²) in [5, 5.41) is 9.50. The van der Waals surface area contributed by atoms with E-state index in [0.717, 1.165) is 25.7 Å². The molecule has 0 aromatic heterocycles. The number of esters is 1. The summed E-state index contributed by atoms with van der Waals surface area (Å²) in [6, 6.07) is 6.62. The summed E-state index contributed by atoms with van der Waals surface area (Å²) in [5.74, 6) is -1.51. The molecule has 0 spiro atoms. The first kappa shape index (κ1) is 15.4. The molecule has 1 aromatic carbocycles. The van der Waals surface area contributed by atoms with Gasteiger partial charge in [0.15, 0.2) is 0 Å². The summed E-state index contributed by atoms with van der Waals surface area (Å²) >= 11 is 0. The molecule has 0 saturated carbocycles. The van der Waals surface area contributed by atoms with Crippen LogP contribution in [0.5, 0.6) is 0 Å². The second-order valence-corrected chi connectivity index (χ2v) is 6.37. The zero-order valence-corrected chi connectivity index (χ0v) is 12.7. The van der Waals surface area contributed by atoms with Gasteiger partial charge >= 0.3 is 5.97 Å². The number of aliphatic hydroxyl groups excluding tert-OH is 1.